The molecule has 0 aliphatic heterocycles. The van der Waals surface area contributed by atoms with Gasteiger partial charge in [0.15, 0.2) is 0 Å². The summed E-state index contributed by atoms with van der Waals surface area (Å²) in [5.74, 6) is 0.655. The molecular formula is C17H28N2O2. The predicted octanol–water partition coefficient (Wildman–Crippen LogP) is 3.28. The van der Waals surface area contributed by atoms with E-state index in [1.165, 1.54) is 5.56 Å². The first kappa shape index (κ1) is 17.5. The fraction of sp³-hybridized carbons (Fsp3) is 0.588. The predicted molar refractivity (Wildman–Crippen MR) is 86.4 cm³/mol. The fourth-order valence-electron chi connectivity index (χ4n) is 2.13. The van der Waals surface area contributed by atoms with Crippen molar-refractivity contribution in [3.05, 3.63) is 35.4 Å². The SMILES string of the molecule is CCOCCNC(=O)NC(C)c1ccc(CC(C)C)cc1. The van der Waals surface area contributed by atoms with E-state index in [0.29, 0.717) is 25.7 Å². The largest absolute Gasteiger partial charge is 0.380 e. The van der Waals surface area contributed by atoms with Gasteiger partial charge in [0.2, 0.25) is 0 Å². The first-order chi connectivity index (χ1) is 10.0. The highest BCUT2D eigenvalue weighted by molar-refractivity contribution is 5.74. The summed E-state index contributed by atoms with van der Waals surface area (Å²) in [6.07, 6.45) is 1.08. The summed E-state index contributed by atoms with van der Waals surface area (Å²) in [4.78, 5) is 11.7. The van der Waals surface area contributed by atoms with Gasteiger partial charge in [-0.1, -0.05) is 38.1 Å². The molecule has 118 valence electrons. The summed E-state index contributed by atoms with van der Waals surface area (Å²) in [6, 6.07) is 8.28. The van der Waals surface area contributed by atoms with Crippen molar-refractivity contribution < 1.29 is 9.53 Å². The Hall–Kier alpha value is -1.55. The van der Waals surface area contributed by atoms with Gasteiger partial charge < -0.3 is 15.4 Å². The van der Waals surface area contributed by atoms with Gasteiger partial charge >= 0.3 is 6.03 Å². The molecule has 21 heavy (non-hydrogen) atoms. The van der Waals surface area contributed by atoms with Gasteiger partial charge in [-0.3, -0.25) is 0 Å². The lowest BCUT2D eigenvalue weighted by molar-refractivity contribution is 0.149. The van der Waals surface area contributed by atoms with Crippen molar-refractivity contribution in [2.45, 2.75) is 40.2 Å². The number of hydrogen-bond donors (Lipinski definition) is 2. The van der Waals surface area contributed by atoms with Crippen LogP contribution in [0, 0.1) is 5.92 Å². The van der Waals surface area contributed by atoms with Gasteiger partial charge in [0.05, 0.1) is 12.6 Å². The van der Waals surface area contributed by atoms with Crippen molar-refractivity contribution in [2.75, 3.05) is 19.8 Å². The maximum atomic E-state index is 11.7. The smallest absolute Gasteiger partial charge is 0.315 e. The molecule has 0 bridgehead atoms. The summed E-state index contributed by atoms with van der Waals surface area (Å²) < 4.78 is 5.18. The summed E-state index contributed by atoms with van der Waals surface area (Å²) >= 11 is 0. The molecule has 0 aliphatic carbocycles. The van der Waals surface area contributed by atoms with Crippen LogP contribution < -0.4 is 10.6 Å². The molecule has 1 aromatic carbocycles. The highest BCUT2D eigenvalue weighted by atomic mass is 16.5. The zero-order valence-electron chi connectivity index (χ0n) is 13.6. The molecule has 4 heteroatoms. The number of urea groups is 1. The number of nitrogens with one attached hydrogen (secondary N) is 2. The molecule has 0 spiro atoms. The second kappa shape index (κ2) is 9.40. The molecule has 0 aliphatic rings. The van der Waals surface area contributed by atoms with E-state index in [-0.39, 0.29) is 12.1 Å². The highest BCUT2D eigenvalue weighted by Crippen LogP contribution is 2.15. The van der Waals surface area contributed by atoms with Crippen molar-refractivity contribution in [2.24, 2.45) is 5.92 Å². The summed E-state index contributed by atoms with van der Waals surface area (Å²) in [5.41, 5.74) is 2.45. The molecule has 1 aromatic rings. The Bertz CT molecular complexity index is 415. The van der Waals surface area contributed by atoms with Gasteiger partial charge in [-0.15, -0.1) is 0 Å². The molecule has 0 radical (unpaired) electrons. The third kappa shape index (κ3) is 7.14. The van der Waals surface area contributed by atoms with E-state index in [1.54, 1.807) is 0 Å². The quantitative estimate of drug-likeness (QED) is 0.722. The summed E-state index contributed by atoms with van der Waals surface area (Å²) in [5, 5.41) is 5.71. The third-order valence-electron chi connectivity index (χ3n) is 3.21. The monoisotopic (exact) mass is 292 g/mol. The van der Waals surface area contributed by atoms with E-state index >= 15 is 0 Å². The Morgan fingerprint density at radius 2 is 1.86 bits per heavy atom. The molecule has 1 rings (SSSR count). The fourth-order valence-corrected chi connectivity index (χ4v) is 2.13. The van der Waals surface area contributed by atoms with Crippen LogP contribution in [0.1, 0.15) is 44.9 Å². The Morgan fingerprint density at radius 1 is 1.19 bits per heavy atom. The molecule has 0 fully saturated rings. The van der Waals surface area contributed by atoms with E-state index < -0.39 is 0 Å². The lowest BCUT2D eigenvalue weighted by Crippen LogP contribution is -2.38. The maximum absolute atomic E-state index is 11.7. The molecule has 0 saturated carbocycles. The van der Waals surface area contributed by atoms with Crippen LogP contribution in [-0.2, 0) is 11.2 Å². The van der Waals surface area contributed by atoms with E-state index in [9.17, 15) is 4.79 Å². The Balaban J connectivity index is 2.40. The summed E-state index contributed by atoms with van der Waals surface area (Å²) in [7, 11) is 0. The number of benzene rings is 1. The Morgan fingerprint density at radius 3 is 2.43 bits per heavy atom. The number of amides is 2. The number of ether oxygens (including phenoxy) is 1. The topological polar surface area (TPSA) is 50.4 Å². The van der Waals surface area contributed by atoms with Crippen LogP contribution in [0.3, 0.4) is 0 Å². The van der Waals surface area contributed by atoms with Crippen LogP contribution in [0.2, 0.25) is 0 Å². The molecule has 1 unspecified atom stereocenters. The molecule has 2 N–H and O–H groups in total. The second-order valence-electron chi connectivity index (χ2n) is 5.66. The molecule has 0 heterocycles. The van der Waals surface area contributed by atoms with Crippen molar-refractivity contribution in [3.8, 4) is 0 Å². The van der Waals surface area contributed by atoms with Gasteiger partial charge in [-0.2, -0.15) is 0 Å². The summed E-state index contributed by atoms with van der Waals surface area (Å²) in [6.45, 7) is 10.1. The van der Waals surface area contributed by atoms with E-state index in [1.807, 2.05) is 13.8 Å². The Kier molecular flexibility index (Phi) is 7.83. The van der Waals surface area contributed by atoms with Crippen LogP contribution in [0.5, 0.6) is 0 Å². The van der Waals surface area contributed by atoms with Gasteiger partial charge in [-0.05, 0) is 37.3 Å². The van der Waals surface area contributed by atoms with E-state index in [2.05, 4.69) is 48.7 Å². The Labute approximate surface area is 128 Å². The average molecular weight is 292 g/mol. The number of hydrogen-bond acceptors (Lipinski definition) is 2. The lowest BCUT2D eigenvalue weighted by Gasteiger charge is -2.16. The zero-order valence-corrected chi connectivity index (χ0v) is 13.6. The number of rotatable bonds is 8. The molecular weight excluding hydrogens is 264 g/mol. The normalized spacial score (nSPS) is 12.2. The van der Waals surface area contributed by atoms with Gasteiger partial charge in [-0.25, -0.2) is 4.79 Å². The second-order valence-corrected chi connectivity index (χ2v) is 5.66. The van der Waals surface area contributed by atoms with Crippen LogP contribution in [0.25, 0.3) is 0 Å². The number of carbonyl (C=O) groups excluding carboxylic acids is 1. The van der Waals surface area contributed by atoms with Crippen molar-refractivity contribution in [1.29, 1.82) is 0 Å². The van der Waals surface area contributed by atoms with Crippen molar-refractivity contribution in [3.63, 3.8) is 0 Å². The standard InChI is InChI=1S/C17H28N2O2/c1-5-21-11-10-18-17(20)19-14(4)16-8-6-15(7-9-16)12-13(2)3/h6-9,13-14H,5,10-12H2,1-4H3,(H2,18,19,20). The van der Waals surface area contributed by atoms with Crippen LogP contribution in [0.15, 0.2) is 24.3 Å². The van der Waals surface area contributed by atoms with E-state index in [0.717, 1.165) is 12.0 Å². The minimum Gasteiger partial charge on any atom is -0.380 e. The third-order valence-corrected chi connectivity index (χ3v) is 3.21. The van der Waals surface area contributed by atoms with Crippen LogP contribution in [0.4, 0.5) is 4.79 Å². The van der Waals surface area contributed by atoms with Crippen LogP contribution in [-0.4, -0.2) is 25.8 Å². The minimum absolute atomic E-state index is 0.00908. The molecule has 0 aromatic heterocycles. The molecule has 2 amide bonds. The van der Waals surface area contributed by atoms with Crippen molar-refractivity contribution >= 4 is 6.03 Å². The molecule has 4 nitrogen and oxygen atoms in total. The number of carbonyl (C=O) groups is 1. The average Bonchev–Trinajstić information content (AvgIpc) is 2.43. The molecule has 0 saturated heterocycles. The minimum atomic E-state index is -0.159. The first-order valence-electron chi connectivity index (χ1n) is 7.73. The van der Waals surface area contributed by atoms with Gasteiger partial charge in [0.1, 0.15) is 0 Å². The van der Waals surface area contributed by atoms with Gasteiger partial charge in [0.25, 0.3) is 0 Å². The maximum Gasteiger partial charge on any atom is 0.315 e. The van der Waals surface area contributed by atoms with E-state index in [4.69, 9.17) is 4.74 Å². The lowest BCUT2D eigenvalue weighted by atomic mass is 10.00. The highest BCUT2D eigenvalue weighted by Gasteiger charge is 2.09. The van der Waals surface area contributed by atoms with Crippen LogP contribution >= 0.6 is 0 Å². The van der Waals surface area contributed by atoms with Crippen molar-refractivity contribution in [1.82, 2.24) is 10.6 Å². The molecule has 1 atom stereocenters. The zero-order chi connectivity index (χ0) is 15.7. The van der Waals surface area contributed by atoms with Gasteiger partial charge in [0, 0.05) is 13.2 Å². The first-order valence-corrected chi connectivity index (χ1v) is 7.73.